The summed E-state index contributed by atoms with van der Waals surface area (Å²) in [5.74, 6) is -0.0625. The second kappa shape index (κ2) is 10.4. The van der Waals surface area contributed by atoms with Gasteiger partial charge in [-0.2, -0.15) is 12.1 Å². The normalized spacial score (nSPS) is 10.6. The number of carbonyl (C=O) groups is 1. The third-order valence-electron chi connectivity index (χ3n) is 2.89. The third kappa shape index (κ3) is 6.45. The van der Waals surface area contributed by atoms with E-state index in [9.17, 15) is 4.79 Å². The molecule has 0 aliphatic rings. The molecule has 0 saturated heterocycles. The van der Waals surface area contributed by atoms with Crippen molar-refractivity contribution in [1.29, 1.82) is 0 Å². The summed E-state index contributed by atoms with van der Waals surface area (Å²) >= 11 is 8.63. The number of thiophene rings is 1. The van der Waals surface area contributed by atoms with Crippen LogP contribution >= 0.6 is 43.2 Å². The van der Waals surface area contributed by atoms with Crippen molar-refractivity contribution in [2.75, 3.05) is 0 Å². The van der Waals surface area contributed by atoms with E-state index in [4.69, 9.17) is 5.11 Å². The van der Waals surface area contributed by atoms with Crippen molar-refractivity contribution >= 4 is 59.8 Å². The minimum Gasteiger partial charge on any atom is -0.512 e. The predicted octanol–water partition coefficient (Wildman–Crippen LogP) is 6.32. The molecular formula is C18H14Br2NO2PtS-. The first kappa shape index (κ1) is 22.2. The Morgan fingerprint density at radius 1 is 1.24 bits per heavy atom. The Balaban J connectivity index is 0.000000339. The molecule has 3 rings (SSSR count). The summed E-state index contributed by atoms with van der Waals surface area (Å²) in [4.78, 5) is 15.6. The van der Waals surface area contributed by atoms with Crippen LogP contribution in [0.3, 0.4) is 0 Å². The quantitative estimate of drug-likeness (QED) is 0.199. The molecule has 2 heterocycles. The van der Waals surface area contributed by atoms with Gasteiger partial charge in [-0.05, 0) is 50.0 Å². The van der Waals surface area contributed by atoms with Gasteiger partial charge in [-0.3, -0.25) is 4.79 Å². The molecule has 0 aliphatic carbocycles. The molecule has 25 heavy (non-hydrogen) atoms. The SMILES string of the molecule is Brc1c[c-]c(-c2ncc(Br)c3ccccc23)s1.CC(=O)/C=C(/C)O.[Pt]. The van der Waals surface area contributed by atoms with Gasteiger partial charge in [0, 0.05) is 37.8 Å². The summed E-state index contributed by atoms with van der Waals surface area (Å²) in [6.45, 7) is 2.85. The molecule has 0 unspecified atom stereocenters. The number of halogens is 2. The number of aliphatic hydroxyl groups is 1. The summed E-state index contributed by atoms with van der Waals surface area (Å²) in [6, 6.07) is 13.4. The molecule has 3 aromatic rings. The minimum atomic E-state index is -0.125. The van der Waals surface area contributed by atoms with Crippen molar-refractivity contribution in [3.63, 3.8) is 0 Å². The number of aromatic nitrogens is 1. The van der Waals surface area contributed by atoms with E-state index in [-0.39, 0.29) is 32.6 Å². The number of ketones is 1. The number of allylic oxidation sites excluding steroid dienone is 2. The van der Waals surface area contributed by atoms with Gasteiger partial charge in [0.15, 0.2) is 5.78 Å². The summed E-state index contributed by atoms with van der Waals surface area (Å²) in [5.41, 5.74) is 0.986. The van der Waals surface area contributed by atoms with Gasteiger partial charge in [0.2, 0.25) is 0 Å². The molecular weight excluding hydrogens is 649 g/mol. The van der Waals surface area contributed by atoms with Gasteiger partial charge in [-0.15, -0.1) is 15.9 Å². The van der Waals surface area contributed by atoms with Gasteiger partial charge in [0.25, 0.3) is 0 Å². The van der Waals surface area contributed by atoms with E-state index in [2.05, 4.69) is 55.0 Å². The average Bonchev–Trinajstić information content (AvgIpc) is 2.93. The van der Waals surface area contributed by atoms with Crippen LogP contribution in [-0.4, -0.2) is 15.9 Å². The third-order valence-corrected chi connectivity index (χ3v) is 5.06. The maximum Gasteiger partial charge on any atom is 0.155 e. The fourth-order valence-corrected chi connectivity index (χ4v) is 3.77. The molecule has 1 aromatic carbocycles. The van der Waals surface area contributed by atoms with Crippen LogP contribution in [0.15, 0.2) is 56.6 Å². The molecule has 0 amide bonds. The molecule has 2 aromatic heterocycles. The van der Waals surface area contributed by atoms with Gasteiger partial charge in [-0.1, -0.05) is 29.1 Å². The maximum absolute atomic E-state index is 10.0. The van der Waals surface area contributed by atoms with Gasteiger partial charge in [0.05, 0.1) is 5.76 Å². The molecule has 1 N–H and O–H groups in total. The monoisotopic (exact) mass is 661 g/mol. The van der Waals surface area contributed by atoms with Crippen molar-refractivity contribution in [1.82, 2.24) is 4.98 Å². The number of rotatable bonds is 2. The largest absolute Gasteiger partial charge is 0.512 e. The van der Waals surface area contributed by atoms with E-state index in [1.165, 1.54) is 25.3 Å². The van der Waals surface area contributed by atoms with Crippen molar-refractivity contribution in [2.24, 2.45) is 0 Å². The summed E-state index contributed by atoms with van der Waals surface area (Å²) < 4.78 is 2.09. The standard InChI is InChI=1S/C13H6Br2NS.C5H8O2.Pt/c14-10-7-16-13(11-5-6-12(15)17-11)9-4-2-1-3-8(9)10;1-4(6)3-5(2)7;/h1-4,6-7H;3,6H,1-2H3;/q-1;;/b;4-3-;. The van der Waals surface area contributed by atoms with Gasteiger partial charge >= 0.3 is 0 Å². The van der Waals surface area contributed by atoms with Crippen LogP contribution < -0.4 is 0 Å². The van der Waals surface area contributed by atoms with Crippen molar-refractivity contribution in [3.8, 4) is 10.6 Å². The first-order valence-electron chi connectivity index (χ1n) is 6.97. The van der Waals surface area contributed by atoms with Crippen LogP contribution in [0.1, 0.15) is 13.8 Å². The van der Waals surface area contributed by atoms with Gasteiger partial charge in [-0.25, -0.2) is 11.3 Å². The van der Waals surface area contributed by atoms with Gasteiger partial charge < -0.3 is 10.1 Å². The van der Waals surface area contributed by atoms with E-state index < -0.39 is 0 Å². The minimum absolute atomic E-state index is 0. The average molecular weight is 663 g/mol. The van der Waals surface area contributed by atoms with Crippen LogP contribution in [0.5, 0.6) is 0 Å². The molecule has 0 saturated carbocycles. The Bertz CT molecular complexity index is 905. The van der Waals surface area contributed by atoms with Crippen LogP contribution in [0, 0.1) is 6.07 Å². The zero-order valence-corrected chi connectivity index (χ0v) is 19.6. The second-order valence-corrected chi connectivity index (χ2v) is 8.21. The topological polar surface area (TPSA) is 50.2 Å². The van der Waals surface area contributed by atoms with Gasteiger partial charge in [0.1, 0.15) is 0 Å². The summed E-state index contributed by atoms with van der Waals surface area (Å²) in [6.07, 6.45) is 3.01. The van der Waals surface area contributed by atoms with Crippen LogP contribution in [-0.2, 0) is 25.9 Å². The number of pyridine rings is 1. The Labute approximate surface area is 181 Å². The molecule has 0 aliphatic heterocycles. The Morgan fingerprint density at radius 2 is 1.88 bits per heavy atom. The molecule has 0 spiro atoms. The number of nitrogens with zero attached hydrogens (tertiary/aromatic N) is 1. The van der Waals surface area contributed by atoms with E-state index in [1.807, 2.05) is 24.4 Å². The molecule has 3 nitrogen and oxygen atoms in total. The Kier molecular flexibility index (Phi) is 9.22. The van der Waals surface area contributed by atoms with Crippen LogP contribution in [0.2, 0.25) is 0 Å². The number of hydrogen-bond donors (Lipinski definition) is 1. The summed E-state index contributed by atoms with van der Waals surface area (Å²) in [7, 11) is 0. The van der Waals surface area contributed by atoms with Crippen molar-refractivity contribution in [2.45, 2.75) is 13.8 Å². The number of aliphatic hydroxyl groups excluding tert-OH is 1. The Morgan fingerprint density at radius 3 is 2.36 bits per heavy atom. The second-order valence-electron chi connectivity index (χ2n) is 4.92. The maximum atomic E-state index is 10.0. The predicted molar refractivity (Wildman–Crippen MR) is 106 cm³/mol. The fraction of sp³-hybridized carbons (Fsp3) is 0.111. The first-order chi connectivity index (χ1) is 11.4. The molecule has 0 fully saturated rings. The van der Waals surface area contributed by atoms with Crippen LogP contribution in [0.25, 0.3) is 21.3 Å². The Hall–Kier alpha value is -0.812. The van der Waals surface area contributed by atoms with Crippen molar-refractivity contribution < 1.29 is 31.0 Å². The van der Waals surface area contributed by atoms with Crippen molar-refractivity contribution in [3.05, 3.63) is 62.7 Å². The smallest absolute Gasteiger partial charge is 0.155 e. The van der Waals surface area contributed by atoms with E-state index in [1.54, 1.807) is 11.3 Å². The van der Waals surface area contributed by atoms with E-state index >= 15 is 0 Å². The van der Waals surface area contributed by atoms with E-state index in [0.29, 0.717) is 0 Å². The van der Waals surface area contributed by atoms with Crippen LogP contribution in [0.4, 0.5) is 0 Å². The van der Waals surface area contributed by atoms with E-state index in [0.717, 1.165) is 24.2 Å². The number of benzene rings is 1. The molecule has 134 valence electrons. The molecule has 7 heteroatoms. The molecule has 0 radical (unpaired) electrons. The first-order valence-corrected chi connectivity index (χ1v) is 9.37. The molecule has 0 bridgehead atoms. The number of hydrogen-bond acceptors (Lipinski definition) is 4. The molecule has 0 atom stereocenters. The zero-order chi connectivity index (χ0) is 17.7. The number of fused-ring (bicyclic) bond motifs is 1. The number of carbonyl (C=O) groups excluding carboxylic acids is 1. The summed E-state index contributed by atoms with van der Waals surface area (Å²) in [5, 5.41) is 10.7. The zero-order valence-electron chi connectivity index (χ0n) is 13.3. The fourth-order valence-electron chi connectivity index (χ4n) is 2.03.